The molecule has 2 N–H and O–H groups in total. The van der Waals surface area contributed by atoms with Crippen LogP contribution in [-0.4, -0.2) is 19.7 Å². The summed E-state index contributed by atoms with van der Waals surface area (Å²) in [5.41, 5.74) is 1.82. The summed E-state index contributed by atoms with van der Waals surface area (Å²) in [6, 6.07) is 9.91. The molecule has 1 aromatic carbocycles. The molecule has 1 atom stereocenters. The molecule has 1 aromatic rings. The van der Waals surface area contributed by atoms with Crippen LogP contribution in [0.3, 0.4) is 0 Å². The first-order valence-electron chi connectivity index (χ1n) is 5.90. The minimum Gasteiger partial charge on any atom is -0.371 e. The van der Waals surface area contributed by atoms with Gasteiger partial charge in [0.2, 0.25) is 0 Å². The minimum absolute atomic E-state index is 0.486. The van der Waals surface area contributed by atoms with Gasteiger partial charge in [0.05, 0.1) is 18.2 Å². The lowest BCUT2D eigenvalue weighted by molar-refractivity contribution is 0.0951. The molecule has 1 unspecified atom stereocenters. The van der Waals surface area contributed by atoms with Crippen LogP contribution in [0.15, 0.2) is 24.3 Å². The second-order valence-electron chi connectivity index (χ2n) is 4.45. The number of rotatable bonds is 3. The van der Waals surface area contributed by atoms with Crippen molar-refractivity contribution in [3.8, 4) is 6.07 Å². The van der Waals surface area contributed by atoms with Crippen LogP contribution in [0.4, 0.5) is 5.69 Å². The quantitative estimate of drug-likeness (QED) is 0.804. The summed E-state index contributed by atoms with van der Waals surface area (Å²) in [4.78, 5) is 7.03. The van der Waals surface area contributed by atoms with Crippen LogP contribution in [0.5, 0.6) is 0 Å². The molecule has 0 radical (unpaired) electrons. The normalized spacial score (nSPS) is 20.0. The van der Waals surface area contributed by atoms with E-state index < -0.39 is 0 Å². The minimum atomic E-state index is 0.486. The Morgan fingerprint density at radius 1 is 1.53 bits per heavy atom. The van der Waals surface area contributed by atoms with E-state index in [2.05, 4.69) is 11.0 Å². The number of nitrogens with two attached hydrogens (primary N) is 1. The summed E-state index contributed by atoms with van der Waals surface area (Å²) in [5, 5.41) is 8.89. The van der Waals surface area contributed by atoms with Crippen molar-refractivity contribution >= 4 is 5.69 Å². The molecule has 2 rings (SSSR count). The molecular formula is C13H17N3O. The fraction of sp³-hybridized carbons (Fsp3) is 0.462. The Kier molecular flexibility index (Phi) is 3.97. The van der Waals surface area contributed by atoms with Crippen LogP contribution in [-0.2, 0) is 4.84 Å². The highest BCUT2D eigenvalue weighted by molar-refractivity contribution is 5.51. The molecule has 0 bridgehead atoms. The highest BCUT2D eigenvalue weighted by Gasteiger charge is 2.20. The topological polar surface area (TPSA) is 62.3 Å². The zero-order valence-electron chi connectivity index (χ0n) is 9.80. The van der Waals surface area contributed by atoms with Gasteiger partial charge in [0.15, 0.2) is 0 Å². The van der Waals surface area contributed by atoms with Gasteiger partial charge < -0.3 is 9.74 Å². The van der Waals surface area contributed by atoms with Crippen molar-refractivity contribution in [2.45, 2.75) is 12.8 Å². The van der Waals surface area contributed by atoms with Gasteiger partial charge in [-0.25, -0.2) is 5.90 Å². The molecule has 4 heteroatoms. The summed E-state index contributed by atoms with van der Waals surface area (Å²) >= 11 is 0. The smallest absolute Gasteiger partial charge is 0.0992 e. The van der Waals surface area contributed by atoms with Gasteiger partial charge in [-0.1, -0.05) is 6.07 Å². The van der Waals surface area contributed by atoms with E-state index in [0.717, 1.165) is 31.6 Å². The molecule has 4 nitrogen and oxygen atoms in total. The van der Waals surface area contributed by atoms with Crippen LogP contribution in [0.25, 0.3) is 0 Å². The highest BCUT2D eigenvalue weighted by atomic mass is 16.6. The maximum atomic E-state index is 8.89. The molecule has 0 saturated carbocycles. The van der Waals surface area contributed by atoms with Crippen molar-refractivity contribution in [1.29, 1.82) is 5.26 Å². The Balaban J connectivity index is 2.08. The van der Waals surface area contributed by atoms with Gasteiger partial charge in [0.1, 0.15) is 0 Å². The van der Waals surface area contributed by atoms with E-state index >= 15 is 0 Å². The summed E-state index contributed by atoms with van der Waals surface area (Å²) in [6.45, 7) is 2.59. The van der Waals surface area contributed by atoms with Gasteiger partial charge in [-0.15, -0.1) is 0 Å². The molecule has 1 fully saturated rings. The fourth-order valence-corrected chi connectivity index (χ4v) is 2.34. The van der Waals surface area contributed by atoms with Gasteiger partial charge >= 0.3 is 0 Å². The Hall–Kier alpha value is -1.57. The third-order valence-electron chi connectivity index (χ3n) is 3.19. The SMILES string of the molecule is N#Cc1cccc(N2CCCC(CON)C2)c1. The van der Waals surface area contributed by atoms with E-state index in [9.17, 15) is 0 Å². The zero-order chi connectivity index (χ0) is 12.1. The molecule has 1 aliphatic rings. The average molecular weight is 231 g/mol. The highest BCUT2D eigenvalue weighted by Crippen LogP contribution is 2.23. The van der Waals surface area contributed by atoms with Crippen molar-refractivity contribution in [2.24, 2.45) is 11.8 Å². The lowest BCUT2D eigenvalue weighted by Gasteiger charge is -2.34. The van der Waals surface area contributed by atoms with Crippen molar-refractivity contribution in [3.05, 3.63) is 29.8 Å². The Bertz CT molecular complexity index is 411. The van der Waals surface area contributed by atoms with Gasteiger partial charge in [0.25, 0.3) is 0 Å². The molecule has 0 spiro atoms. The lowest BCUT2D eigenvalue weighted by atomic mass is 9.98. The summed E-state index contributed by atoms with van der Waals surface area (Å²) < 4.78 is 0. The van der Waals surface area contributed by atoms with Crippen LogP contribution >= 0.6 is 0 Å². The molecule has 1 aliphatic heterocycles. The predicted molar refractivity (Wildman–Crippen MR) is 66.2 cm³/mol. The Labute approximate surface area is 102 Å². The number of hydrogen-bond donors (Lipinski definition) is 1. The number of hydrogen-bond acceptors (Lipinski definition) is 4. The molecule has 90 valence electrons. The monoisotopic (exact) mass is 231 g/mol. The lowest BCUT2D eigenvalue weighted by Crippen LogP contribution is -2.37. The van der Waals surface area contributed by atoms with E-state index in [1.807, 2.05) is 24.3 Å². The molecular weight excluding hydrogens is 214 g/mol. The van der Waals surface area contributed by atoms with Crippen molar-refractivity contribution < 1.29 is 4.84 Å². The molecule has 0 aliphatic carbocycles. The summed E-state index contributed by atoms with van der Waals surface area (Å²) in [6.07, 6.45) is 2.30. The molecule has 17 heavy (non-hydrogen) atoms. The largest absolute Gasteiger partial charge is 0.371 e. The maximum absolute atomic E-state index is 8.89. The van der Waals surface area contributed by atoms with Crippen molar-refractivity contribution in [3.63, 3.8) is 0 Å². The van der Waals surface area contributed by atoms with E-state index in [1.165, 1.54) is 0 Å². The van der Waals surface area contributed by atoms with Crippen molar-refractivity contribution in [1.82, 2.24) is 0 Å². The van der Waals surface area contributed by atoms with E-state index in [4.69, 9.17) is 16.0 Å². The summed E-state index contributed by atoms with van der Waals surface area (Å²) in [5.74, 6) is 5.61. The fourth-order valence-electron chi connectivity index (χ4n) is 2.34. The number of nitriles is 1. The van der Waals surface area contributed by atoms with Gasteiger partial charge in [-0.05, 0) is 31.0 Å². The molecule has 0 amide bonds. The second-order valence-corrected chi connectivity index (χ2v) is 4.45. The first-order valence-corrected chi connectivity index (χ1v) is 5.90. The predicted octanol–water partition coefficient (Wildman–Crippen LogP) is 1.66. The third kappa shape index (κ3) is 2.96. The zero-order valence-corrected chi connectivity index (χ0v) is 9.80. The Morgan fingerprint density at radius 2 is 2.41 bits per heavy atom. The maximum Gasteiger partial charge on any atom is 0.0992 e. The van der Waals surface area contributed by atoms with Crippen LogP contribution in [0, 0.1) is 17.2 Å². The van der Waals surface area contributed by atoms with Crippen molar-refractivity contribution in [2.75, 3.05) is 24.6 Å². The number of benzene rings is 1. The average Bonchev–Trinajstić information content (AvgIpc) is 2.40. The van der Waals surface area contributed by atoms with E-state index in [0.29, 0.717) is 18.1 Å². The molecule has 1 heterocycles. The number of nitrogens with zero attached hydrogens (tertiary/aromatic N) is 2. The van der Waals surface area contributed by atoms with Gasteiger partial charge in [-0.3, -0.25) is 0 Å². The van der Waals surface area contributed by atoms with E-state index in [-0.39, 0.29) is 0 Å². The Morgan fingerprint density at radius 3 is 3.18 bits per heavy atom. The van der Waals surface area contributed by atoms with Gasteiger partial charge in [0, 0.05) is 24.7 Å². The second kappa shape index (κ2) is 5.67. The number of piperidine rings is 1. The first kappa shape index (κ1) is 11.9. The standard InChI is InChI=1S/C13H17N3O/c14-8-11-3-1-5-13(7-11)16-6-2-4-12(9-16)10-17-15/h1,3,5,7,12H,2,4,6,9-10,15H2. The van der Waals surface area contributed by atoms with Crippen LogP contribution in [0.1, 0.15) is 18.4 Å². The van der Waals surface area contributed by atoms with Crippen LogP contribution in [0.2, 0.25) is 0 Å². The van der Waals surface area contributed by atoms with E-state index in [1.54, 1.807) is 0 Å². The van der Waals surface area contributed by atoms with Crippen LogP contribution < -0.4 is 10.8 Å². The number of anilines is 1. The summed E-state index contributed by atoms with van der Waals surface area (Å²) in [7, 11) is 0. The van der Waals surface area contributed by atoms with Gasteiger partial charge in [-0.2, -0.15) is 5.26 Å². The first-order chi connectivity index (χ1) is 8.33. The molecule has 1 saturated heterocycles. The third-order valence-corrected chi connectivity index (χ3v) is 3.19. The molecule has 0 aromatic heterocycles.